The molecular formula is C11H13N5O2. The molecule has 1 aliphatic heterocycles. The number of allylic oxidation sites excluding steroid dienone is 1. The van der Waals surface area contributed by atoms with Crippen molar-refractivity contribution in [3.05, 3.63) is 35.6 Å². The fourth-order valence-electron chi connectivity index (χ4n) is 1.93. The van der Waals surface area contributed by atoms with E-state index in [1.54, 1.807) is 19.1 Å². The highest BCUT2D eigenvalue weighted by Crippen LogP contribution is 2.28. The number of fused-ring (bicyclic) bond motifs is 1. The highest BCUT2D eigenvalue weighted by atomic mass is 16.5. The van der Waals surface area contributed by atoms with Gasteiger partial charge in [0.2, 0.25) is 18.1 Å². The molecule has 0 saturated heterocycles. The zero-order valence-electron chi connectivity index (χ0n) is 9.83. The van der Waals surface area contributed by atoms with Gasteiger partial charge in [-0.15, -0.1) is 10.2 Å². The van der Waals surface area contributed by atoms with Crippen LogP contribution in [0.15, 0.2) is 33.2 Å². The van der Waals surface area contributed by atoms with Crippen molar-refractivity contribution < 1.29 is 9.15 Å². The van der Waals surface area contributed by atoms with Gasteiger partial charge in [-0.05, 0) is 18.2 Å². The van der Waals surface area contributed by atoms with E-state index in [9.17, 15) is 0 Å². The van der Waals surface area contributed by atoms with Gasteiger partial charge in [-0.1, -0.05) is 0 Å². The van der Waals surface area contributed by atoms with E-state index in [2.05, 4.69) is 15.2 Å². The fourth-order valence-corrected chi connectivity index (χ4v) is 1.93. The summed E-state index contributed by atoms with van der Waals surface area (Å²) < 4.78 is 10.6. The molecular weight excluding hydrogens is 234 g/mol. The summed E-state index contributed by atoms with van der Waals surface area (Å²) in [5.41, 5.74) is 12.6. The molecule has 94 valence electrons. The SMILES string of the molecule is Cc1nnc(C2(N)C=CC3=NC(N)OCC3=C2)o1. The Bertz CT molecular complexity index is 574. The molecule has 0 fully saturated rings. The Hall–Kier alpha value is -1.83. The topological polar surface area (TPSA) is 113 Å². The Balaban J connectivity index is 2.00. The third-order valence-corrected chi connectivity index (χ3v) is 2.83. The molecule has 1 aromatic rings. The summed E-state index contributed by atoms with van der Waals surface area (Å²) >= 11 is 0. The van der Waals surface area contributed by atoms with Crippen molar-refractivity contribution >= 4 is 5.71 Å². The van der Waals surface area contributed by atoms with Crippen LogP contribution in [0.1, 0.15) is 11.8 Å². The van der Waals surface area contributed by atoms with Crippen molar-refractivity contribution in [2.45, 2.75) is 18.8 Å². The number of nitrogens with two attached hydrogens (primary N) is 2. The summed E-state index contributed by atoms with van der Waals surface area (Å²) in [4.78, 5) is 4.16. The monoisotopic (exact) mass is 247 g/mol. The van der Waals surface area contributed by atoms with E-state index in [1.165, 1.54) is 0 Å². The van der Waals surface area contributed by atoms with Gasteiger partial charge in [0.15, 0.2) is 0 Å². The summed E-state index contributed by atoms with van der Waals surface area (Å²) in [6.45, 7) is 2.09. The number of aromatic nitrogens is 2. The summed E-state index contributed by atoms with van der Waals surface area (Å²) in [5, 5.41) is 7.73. The summed E-state index contributed by atoms with van der Waals surface area (Å²) in [7, 11) is 0. The molecule has 0 spiro atoms. The van der Waals surface area contributed by atoms with Crippen molar-refractivity contribution in [3.63, 3.8) is 0 Å². The van der Waals surface area contributed by atoms with Crippen LogP contribution in [0.25, 0.3) is 0 Å². The van der Waals surface area contributed by atoms with Crippen molar-refractivity contribution in [1.82, 2.24) is 10.2 Å². The largest absolute Gasteiger partial charge is 0.423 e. The maximum absolute atomic E-state index is 6.23. The van der Waals surface area contributed by atoms with Gasteiger partial charge in [0, 0.05) is 12.5 Å². The van der Waals surface area contributed by atoms with Crippen LogP contribution in [-0.2, 0) is 10.3 Å². The second kappa shape index (κ2) is 3.84. The van der Waals surface area contributed by atoms with Crippen molar-refractivity contribution in [2.75, 3.05) is 6.61 Å². The Morgan fingerprint density at radius 3 is 3.00 bits per heavy atom. The lowest BCUT2D eigenvalue weighted by atomic mass is 9.89. The minimum atomic E-state index is -0.916. The molecule has 0 radical (unpaired) electrons. The predicted molar refractivity (Wildman–Crippen MR) is 63.5 cm³/mol. The zero-order chi connectivity index (χ0) is 12.8. The number of aryl methyl sites for hydroxylation is 1. The molecule has 2 atom stereocenters. The van der Waals surface area contributed by atoms with Gasteiger partial charge in [-0.3, -0.25) is 5.73 Å². The number of nitrogens with zero attached hydrogens (tertiary/aromatic N) is 3. The normalized spacial score (nSPS) is 30.7. The fraction of sp³-hybridized carbons (Fsp3) is 0.364. The Kier molecular flexibility index (Phi) is 2.40. The van der Waals surface area contributed by atoms with Gasteiger partial charge in [0.1, 0.15) is 5.54 Å². The second-order valence-corrected chi connectivity index (χ2v) is 4.28. The number of rotatable bonds is 1. The smallest absolute Gasteiger partial charge is 0.244 e. The molecule has 2 aliphatic rings. The molecule has 0 amide bonds. The molecule has 0 saturated carbocycles. The first kappa shape index (κ1) is 11.3. The maximum Gasteiger partial charge on any atom is 0.244 e. The van der Waals surface area contributed by atoms with Crippen LogP contribution in [0.4, 0.5) is 0 Å². The zero-order valence-corrected chi connectivity index (χ0v) is 9.83. The van der Waals surface area contributed by atoms with Crippen LogP contribution >= 0.6 is 0 Å². The molecule has 4 N–H and O–H groups in total. The van der Waals surface area contributed by atoms with E-state index in [0.29, 0.717) is 18.4 Å². The first-order valence-electron chi connectivity index (χ1n) is 5.53. The van der Waals surface area contributed by atoms with Gasteiger partial charge in [0.05, 0.1) is 12.3 Å². The summed E-state index contributed by atoms with van der Waals surface area (Å²) in [5.74, 6) is 0.820. The molecule has 2 heterocycles. The van der Waals surface area contributed by atoms with Gasteiger partial charge in [-0.2, -0.15) is 0 Å². The molecule has 2 unspecified atom stereocenters. The number of hydrogen-bond donors (Lipinski definition) is 2. The van der Waals surface area contributed by atoms with Crippen LogP contribution in [0.5, 0.6) is 0 Å². The lowest BCUT2D eigenvalue weighted by Crippen LogP contribution is -2.39. The Labute approximate surface area is 103 Å². The van der Waals surface area contributed by atoms with E-state index in [-0.39, 0.29) is 0 Å². The Morgan fingerprint density at radius 2 is 2.28 bits per heavy atom. The highest BCUT2D eigenvalue weighted by Gasteiger charge is 2.33. The number of aliphatic imine (C=N–C) groups is 1. The van der Waals surface area contributed by atoms with Crippen molar-refractivity contribution in [3.8, 4) is 0 Å². The molecule has 0 bridgehead atoms. The molecule has 0 aromatic carbocycles. The van der Waals surface area contributed by atoms with E-state index in [0.717, 1.165) is 11.3 Å². The molecule has 3 rings (SSSR count). The van der Waals surface area contributed by atoms with Crippen LogP contribution in [0.3, 0.4) is 0 Å². The highest BCUT2D eigenvalue weighted by molar-refractivity contribution is 6.10. The van der Waals surface area contributed by atoms with Crippen molar-refractivity contribution in [1.29, 1.82) is 0 Å². The van der Waals surface area contributed by atoms with E-state index in [4.69, 9.17) is 20.6 Å². The average Bonchev–Trinajstić information content (AvgIpc) is 2.77. The third kappa shape index (κ3) is 1.78. The van der Waals surface area contributed by atoms with E-state index >= 15 is 0 Å². The second-order valence-electron chi connectivity index (χ2n) is 4.28. The third-order valence-electron chi connectivity index (χ3n) is 2.83. The predicted octanol–water partition coefficient (Wildman–Crippen LogP) is -0.258. The maximum atomic E-state index is 6.23. The number of ether oxygens (including phenoxy) is 1. The average molecular weight is 247 g/mol. The van der Waals surface area contributed by atoms with Crippen LogP contribution < -0.4 is 11.5 Å². The Morgan fingerprint density at radius 1 is 1.44 bits per heavy atom. The van der Waals surface area contributed by atoms with Gasteiger partial charge in [-0.25, -0.2) is 4.99 Å². The van der Waals surface area contributed by atoms with Crippen LogP contribution in [-0.4, -0.2) is 28.9 Å². The molecule has 7 nitrogen and oxygen atoms in total. The summed E-state index contributed by atoms with van der Waals surface area (Å²) in [6, 6.07) is 0. The van der Waals surface area contributed by atoms with Crippen LogP contribution in [0, 0.1) is 6.92 Å². The molecule has 7 heteroatoms. The van der Waals surface area contributed by atoms with Crippen molar-refractivity contribution in [2.24, 2.45) is 16.5 Å². The quantitative estimate of drug-likeness (QED) is 0.707. The standard InChI is InChI=1S/C11H13N5O2/c1-6-15-16-9(18-6)11(13)3-2-8-7(4-11)5-17-10(12)14-8/h2-4,10H,5,12-13H2,1H3. The van der Waals surface area contributed by atoms with E-state index < -0.39 is 11.9 Å². The van der Waals surface area contributed by atoms with E-state index in [1.807, 2.05) is 6.08 Å². The lowest BCUT2D eigenvalue weighted by Gasteiger charge is -2.27. The molecule has 18 heavy (non-hydrogen) atoms. The van der Waals surface area contributed by atoms with Crippen LogP contribution in [0.2, 0.25) is 0 Å². The molecule has 1 aliphatic carbocycles. The van der Waals surface area contributed by atoms with Gasteiger partial charge >= 0.3 is 0 Å². The first-order valence-corrected chi connectivity index (χ1v) is 5.53. The summed E-state index contributed by atoms with van der Waals surface area (Å²) in [6.07, 6.45) is 4.76. The first-order chi connectivity index (χ1) is 8.57. The minimum absolute atomic E-state index is 0.345. The van der Waals surface area contributed by atoms with Gasteiger partial charge in [0.25, 0.3) is 0 Å². The van der Waals surface area contributed by atoms with Gasteiger partial charge < -0.3 is 14.9 Å². The number of hydrogen-bond acceptors (Lipinski definition) is 7. The lowest BCUT2D eigenvalue weighted by molar-refractivity contribution is 0.0769. The minimum Gasteiger partial charge on any atom is -0.423 e. The molecule has 1 aromatic heterocycles.